The number of amides is 1. The molecule has 0 aliphatic carbocycles. The lowest BCUT2D eigenvalue weighted by Gasteiger charge is -2.09. The molecular weight excluding hydrogens is 344 g/mol. The quantitative estimate of drug-likeness (QED) is 0.586. The van der Waals surface area contributed by atoms with Crippen molar-refractivity contribution in [3.8, 4) is 11.4 Å². The van der Waals surface area contributed by atoms with Crippen molar-refractivity contribution < 1.29 is 9.32 Å². The van der Waals surface area contributed by atoms with Gasteiger partial charge in [-0.05, 0) is 26.0 Å². The van der Waals surface area contributed by atoms with E-state index in [0.717, 1.165) is 22.2 Å². The number of benzene rings is 2. The molecule has 0 fully saturated rings. The summed E-state index contributed by atoms with van der Waals surface area (Å²) >= 11 is 0. The van der Waals surface area contributed by atoms with Crippen LogP contribution in [0.25, 0.3) is 22.4 Å². The van der Waals surface area contributed by atoms with E-state index in [9.17, 15) is 4.79 Å². The predicted octanol–water partition coefficient (Wildman–Crippen LogP) is 2.67. The molecule has 0 aliphatic rings. The number of rotatable bonds is 5. The van der Waals surface area contributed by atoms with E-state index in [4.69, 9.17) is 4.52 Å². The summed E-state index contributed by atoms with van der Waals surface area (Å²) in [6.45, 7) is 3.87. The Bertz CT molecular complexity index is 1080. The Morgan fingerprint density at radius 2 is 1.96 bits per heavy atom. The normalized spacial score (nSPS) is 12.2. The van der Waals surface area contributed by atoms with Crippen LogP contribution in [0.2, 0.25) is 0 Å². The fraction of sp³-hybridized carbons (Fsp3) is 0.211. The zero-order chi connectivity index (χ0) is 18.8. The molecule has 1 N–H and O–H groups in total. The molecule has 8 heteroatoms. The predicted molar refractivity (Wildman–Crippen MR) is 98.6 cm³/mol. The third-order valence-electron chi connectivity index (χ3n) is 4.21. The SMILES string of the molecule is Cc1ccc(-c2noc([C@H](C)NC(=O)Cn3nnc4ccccc43)n2)cc1. The highest BCUT2D eigenvalue weighted by Crippen LogP contribution is 2.19. The monoisotopic (exact) mass is 362 g/mol. The van der Waals surface area contributed by atoms with Crippen molar-refractivity contribution in [1.29, 1.82) is 0 Å². The molecule has 4 rings (SSSR count). The third-order valence-corrected chi connectivity index (χ3v) is 4.21. The summed E-state index contributed by atoms with van der Waals surface area (Å²) in [5.41, 5.74) is 3.57. The molecule has 0 radical (unpaired) electrons. The van der Waals surface area contributed by atoms with Crippen LogP contribution in [0.15, 0.2) is 53.1 Å². The van der Waals surface area contributed by atoms with Crippen LogP contribution in [-0.4, -0.2) is 31.0 Å². The summed E-state index contributed by atoms with van der Waals surface area (Å²) in [6, 6.07) is 14.9. The summed E-state index contributed by atoms with van der Waals surface area (Å²) in [7, 11) is 0. The number of fused-ring (bicyclic) bond motifs is 1. The Morgan fingerprint density at radius 1 is 1.19 bits per heavy atom. The van der Waals surface area contributed by atoms with Crippen LogP contribution in [0.4, 0.5) is 0 Å². The molecule has 0 aliphatic heterocycles. The summed E-state index contributed by atoms with van der Waals surface area (Å²) in [4.78, 5) is 16.7. The second-order valence-electron chi connectivity index (χ2n) is 6.35. The average molecular weight is 362 g/mol. The smallest absolute Gasteiger partial charge is 0.249 e. The number of carbonyl (C=O) groups is 1. The van der Waals surface area contributed by atoms with E-state index >= 15 is 0 Å². The van der Waals surface area contributed by atoms with Gasteiger partial charge in [0.25, 0.3) is 0 Å². The summed E-state index contributed by atoms with van der Waals surface area (Å²) < 4.78 is 6.87. The number of nitrogens with zero attached hydrogens (tertiary/aromatic N) is 5. The maximum absolute atomic E-state index is 12.4. The van der Waals surface area contributed by atoms with Crippen LogP contribution in [-0.2, 0) is 11.3 Å². The van der Waals surface area contributed by atoms with E-state index in [1.807, 2.05) is 55.5 Å². The molecule has 1 atom stereocenters. The first-order valence-corrected chi connectivity index (χ1v) is 8.58. The van der Waals surface area contributed by atoms with Crippen molar-refractivity contribution in [3.63, 3.8) is 0 Å². The maximum atomic E-state index is 12.4. The molecule has 0 unspecified atom stereocenters. The second kappa shape index (κ2) is 6.99. The van der Waals surface area contributed by atoms with E-state index in [1.165, 1.54) is 0 Å². The first kappa shape index (κ1) is 16.9. The van der Waals surface area contributed by atoms with Gasteiger partial charge in [0.15, 0.2) is 0 Å². The zero-order valence-electron chi connectivity index (χ0n) is 15.0. The molecular formula is C19H18N6O2. The van der Waals surface area contributed by atoms with Gasteiger partial charge >= 0.3 is 0 Å². The molecule has 136 valence electrons. The lowest BCUT2D eigenvalue weighted by molar-refractivity contribution is -0.122. The van der Waals surface area contributed by atoms with Crippen molar-refractivity contribution >= 4 is 16.9 Å². The molecule has 2 heterocycles. The molecule has 0 bridgehead atoms. The molecule has 0 spiro atoms. The Hall–Kier alpha value is -3.55. The minimum atomic E-state index is -0.418. The lowest BCUT2D eigenvalue weighted by atomic mass is 10.1. The van der Waals surface area contributed by atoms with Gasteiger partial charge in [-0.15, -0.1) is 5.10 Å². The van der Waals surface area contributed by atoms with Gasteiger partial charge in [-0.2, -0.15) is 4.98 Å². The van der Waals surface area contributed by atoms with Gasteiger partial charge in [-0.3, -0.25) is 4.79 Å². The number of hydrogen-bond donors (Lipinski definition) is 1. The van der Waals surface area contributed by atoms with Crippen LogP contribution < -0.4 is 5.32 Å². The molecule has 8 nitrogen and oxygen atoms in total. The number of hydrogen-bond acceptors (Lipinski definition) is 6. The Morgan fingerprint density at radius 3 is 2.78 bits per heavy atom. The average Bonchev–Trinajstić information content (AvgIpc) is 3.30. The van der Waals surface area contributed by atoms with Crippen molar-refractivity contribution in [3.05, 3.63) is 60.0 Å². The highest BCUT2D eigenvalue weighted by Gasteiger charge is 2.18. The highest BCUT2D eigenvalue weighted by molar-refractivity contribution is 5.79. The van der Waals surface area contributed by atoms with Crippen LogP contribution in [0.1, 0.15) is 24.4 Å². The largest absolute Gasteiger partial charge is 0.343 e. The van der Waals surface area contributed by atoms with E-state index in [0.29, 0.717) is 11.7 Å². The van der Waals surface area contributed by atoms with Crippen molar-refractivity contribution in [1.82, 2.24) is 30.5 Å². The summed E-state index contributed by atoms with van der Waals surface area (Å²) in [5, 5.41) is 14.9. The molecule has 4 aromatic rings. The van der Waals surface area contributed by atoms with Gasteiger partial charge in [0.1, 0.15) is 18.1 Å². The minimum absolute atomic E-state index is 0.0593. The molecule has 1 amide bonds. The maximum Gasteiger partial charge on any atom is 0.249 e. The number of aryl methyl sites for hydroxylation is 1. The Balaban J connectivity index is 1.43. The van der Waals surface area contributed by atoms with Gasteiger partial charge < -0.3 is 9.84 Å². The molecule has 0 saturated heterocycles. The van der Waals surface area contributed by atoms with E-state index in [1.54, 1.807) is 11.6 Å². The third kappa shape index (κ3) is 3.55. The van der Waals surface area contributed by atoms with Gasteiger partial charge in [0, 0.05) is 5.56 Å². The Labute approximate surface area is 155 Å². The van der Waals surface area contributed by atoms with Crippen molar-refractivity contribution in [2.45, 2.75) is 26.4 Å². The second-order valence-corrected chi connectivity index (χ2v) is 6.35. The van der Waals surface area contributed by atoms with Gasteiger partial charge in [0.05, 0.1) is 5.52 Å². The molecule has 2 aromatic carbocycles. The van der Waals surface area contributed by atoms with E-state index < -0.39 is 6.04 Å². The van der Waals surface area contributed by atoms with Crippen LogP contribution in [0.5, 0.6) is 0 Å². The Kier molecular flexibility index (Phi) is 4.37. The number of para-hydroxylation sites is 1. The van der Waals surface area contributed by atoms with E-state index in [2.05, 4.69) is 25.8 Å². The summed E-state index contributed by atoms with van der Waals surface area (Å²) in [5.74, 6) is 0.629. The van der Waals surface area contributed by atoms with Crippen LogP contribution in [0, 0.1) is 6.92 Å². The highest BCUT2D eigenvalue weighted by atomic mass is 16.5. The van der Waals surface area contributed by atoms with Crippen LogP contribution in [0.3, 0.4) is 0 Å². The van der Waals surface area contributed by atoms with Crippen molar-refractivity contribution in [2.24, 2.45) is 0 Å². The number of aromatic nitrogens is 5. The molecule has 2 aromatic heterocycles. The molecule has 0 saturated carbocycles. The topological polar surface area (TPSA) is 98.7 Å². The lowest BCUT2D eigenvalue weighted by Crippen LogP contribution is -2.30. The van der Waals surface area contributed by atoms with Crippen LogP contribution >= 0.6 is 0 Å². The van der Waals surface area contributed by atoms with E-state index in [-0.39, 0.29) is 12.5 Å². The van der Waals surface area contributed by atoms with Gasteiger partial charge in [-0.25, -0.2) is 4.68 Å². The zero-order valence-corrected chi connectivity index (χ0v) is 15.0. The first-order chi connectivity index (χ1) is 13.1. The number of nitrogens with one attached hydrogen (secondary N) is 1. The van der Waals surface area contributed by atoms with Gasteiger partial charge in [0.2, 0.25) is 17.6 Å². The number of carbonyl (C=O) groups excluding carboxylic acids is 1. The fourth-order valence-electron chi connectivity index (χ4n) is 2.75. The van der Waals surface area contributed by atoms with Gasteiger partial charge in [-0.1, -0.05) is 52.3 Å². The van der Waals surface area contributed by atoms with Crippen molar-refractivity contribution in [2.75, 3.05) is 0 Å². The summed E-state index contributed by atoms with van der Waals surface area (Å²) in [6.07, 6.45) is 0. The fourth-order valence-corrected chi connectivity index (χ4v) is 2.75. The minimum Gasteiger partial charge on any atom is -0.343 e. The first-order valence-electron chi connectivity index (χ1n) is 8.58. The standard InChI is InChI=1S/C19H18N6O2/c1-12-7-9-14(10-8-12)18-21-19(27-23-18)13(2)20-17(26)11-25-16-6-4-3-5-15(16)22-24-25/h3-10,13H,11H2,1-2H3,(H,20,26)/t13-/m0/s1. The molecule has 27 heavy (non-hydrogen) atoms.